The van der Waals surface area contributed by atoms with Crippen molar-refractivity contribution in [2.24, 2.45) is 0 Å². The molecular formula is C27H25NO4. The minimum absolute atomic E-state index is 0.126. The summed E-state index contributed by atoms with van der Waals surface area (Å²) in [5.74, 6) is 0.824. The number of pyridine rings is 1. The van der Waals surface area contributed by atoms with Gasteiger partial charge in [-0.1, -0.05) is 36.4 Å². The van der Waals surface area contributed by atoms with E-state index in [9.17, 15) is 9.59 Å². The maximum absolute atomic E-state index is 13.8. The van der Waals surface area contributed by atoms with Gasteiger partial charge < -0.3 is 9.47 Å². The van der Waals surface area contributed by atoms with Crippen LogP contribution in [0.25, 0.3) is 0 Å². The van der Waals surface area contributed by atoms with Gasteiger partial charge in [0.15, 0.2) is 23.1 Å². The number of ether oxygens (including phenoxy) is 2. The zero-order valence-corrected chi connectivity index (χ0v) is 18.0. The van der Waals surface area contributed by atoms with Crippen LogP contribution in [0.3, 0.4) is 0 Å². The predicted molar refractivity (Wildman–Crippen MR) is 121 cm³/mol. The number of hydrogen-bond donors (Lipinski definition) is 0. The molecule has 3 aromatic rings. The number of fused-ring (bicyclic) bond motifs is 1. The highest BCUT2D eigenvalue weighted by molar-refractivity contribution is 6.33. The summed E-state index contributed by atoms with van der Waals surface area (Å²) in [6, 6.07) is 16.2. The molecule has 2 aromatic carbocycles. The van der Waals surface area contributed by atoms with Crippen molar-refractivity contribution >= 4 is 11.6 Å². The van der Waals surface area contributed by atoms with Gasteiger partial charge in [0, 0.05) is 23.5 Å². The number of benzene rings is 2. The van der Waals surface area contributed by atoms with Gasteiger partial charge in [0.1, 0.15) is 5.41 Å². The fourth-order valence-corrected chi connectivity index (χ4v) is 5.00. The highest BCUT2D eigenvalue weighted by Crippen LogP contribution is 2.45. The van der Waals surface area contributed by atoms with Crippen molar-refractivity contribution in [1.29, 1.82) is 0 Å². The van der Waals surface area contributed by atoms with Crippen LogP contribution in [0.5, 0.6) is 11.5 Å². The van der Waals surface area contributed by atoms with E-state index >= 15 is 0 Å². The molecule has 1 saturated carbocycles. The molecule has 0 N–H and O–H groups in total. The van der Waals surface area contributed by atoms with E-state index < -0.39 is 5.41 Å². The van der Waals surface area contributed by atoms with Crippen LogP contribution in [-0.4, -0.2) is 29.8 Å². The van der Waals surface area contributed by atoms with Crippen LogP contribution >= 0.6 is 0 Å². The summed E-state index contributed by atoms with van der Waals surface area (Å²) in [6.45, 7) is 0. The number of Topliss-reactive ketones (excluding diaryl/α,β-unsaturated/α-hetero) is 2. The third-order valence-electron chi connectivity index (χ3n) is 6.64. The summed E-state index contributed by atoms with van der Waals surface area (Å²) < 4.78 is 11.8. The van der Waals surface area contributed by atoms with Gasteiger partial charge in [-0.2, -0.15) is 0 Å². The Hall–Kier alpha value is -3.47. The molecule has 0 amide bonds. The van der Waals surface area contributed by atoms with Gasteiger partial charge in [0.2, 0.25) is 0 Å². The zero-order chi connectivity index (χ0) is 22.1. The highest BCUT2D eigenvalue weighted by atomic mass is 16.5. The lowest BCUT2D eigenvalue weighted by atomic mass is 9.71. The van der Waals surface area contributed by atoms with Crippen molar-refractivity contribution < 1.29 is 19.1 Å². The van der Waals surface area contributed by atoms with E-state index in [0.29, 0.717) is 28.2 Å². The van der Waals surface area contributed by atoms with E-state index in [1.165, 1.54) is 0 Å². The average molecular weight is 428 g/mol. The molecular weight excluding hydrogens is 402 g/mol. The molecule has 0 aliphatic heterocycles. The summed E-state index contributed by atoms with van der Waals surface area (Å²) in [5, 5.41) is 0. The Bertz CT molecular complexity index is 1130. The van der Waals surface area contributed by atoms with Crippen LogP contribution in [0.15, 0.2) is 67.0 Å². The summed E-state index contributed by atoms with van der Waals surface area (Å²) in [6.07, 6.45) is 8.04. The van der Waals surface area contributed by atoms with Crippen molar-refractivity contribution in [3.8, 4) is 11.5 Å². The molecule has 0 saturated heterocycles. The maximum atomic E-state index is 13.8. The molecule has 2 aliphatic carbocycles. The van der Waals surface area contributed by atoms with Crippen molar-refractivity contribution in [2.45, 2.75) is 43.6 Å². The van der Waals surface area contributed by atoms with Crippen LogP contribution < -0.4 is 9.47 Å². The van der Waals surface area contributed by atoms with E-state index in [-0.39, 0.29) is 24.1 Å². The fraction of sp³-hybridized carbons (Fsp3) is 0.296. The topological polar surface area (TPSA) is 65.5 Å². The number of hydrogen-bond acceptors (Lipinski definition) is 5. The monoisotopic (exact) mass is 427 g/mol. The molecule has 1 fully saturated rings. The largest absolute Gasteiger partial charge is 0.493 e. The Morgan fingerprint density at radius 1 is 0.938 bits per heavy atom. The van der Waals surface area contributed by atoms with E-state index in [1.807, 2.05) is 24.3 Å². The van der Waals surface area contributed by atoms with Crippen molar-refractivity contribution in [3.63, 3.8) is 0 Å². The Kier molecular flexibility index (Phi) is 5.25. The quantitative estimate of drug-likeness (QED) is 0.520. The molecule has 0 unspecified atom stereocenters. The molecule has 32 heavy (non-hydrogen) atoms. The number of carbonyl (C=O) groups is 2. The Labute approximate surface area is 187 Å². The van der Waals surface area contributed by atoms with Crippen molar-refractivity contribution in [2.75, 3.05) is 7.11 Å². The molecule has 2 aliphatic rings. The van der Waals surface area contributed by atoms with Gasteiger partial charge in [-0.3, -0.25) is 14.6 Å². The number of rotatable bonds is 6. The molecule has 5 heteroatoms. The molecule has 5 rings (SSSR count). The SMILES string of the molecule is COc1ccc(C2(Cc3cccnc3)C(=O)c3ccccc3C2=O)cc1OC1CCCC1. The Balaban J connectivity index is 1.65. The maximum Gasteiger partial charge on any atom is 0.182 e. The first-order valence-electron chi connectivity index (χ1n) is 11.1. The van der Waals surface area contributed by atoms with Gasteiger partial charge in [-0.15, -0.1) is 0 Å². The second-order valence-electron chi connectivity index (χ2n) is 8.54. The Morgan fingerprint density at radius 3 is 2.28 bits per heavy atom. The van der Waals surface area contributed by atoms with E-state index in [4.69, 9.17) is 9.47 Å². The first kappa shape index (κ1) is 20.4. The normalized spacial score (nSPS) is 17.4. The summed E-state index contributed by atoms with van der Waals surface area (Å²) in [4.78, 5) is 31.9. The molecule has 0 radical (unpaired) electrons. The minimum atomic E-state index is -1.35. The van der Waals surface area contributed by atoms with E-state index in [2.05, 4.69) is 4.98 Å². The third kappa shape index (κ3) is 3.29. The number of carbonyl (C=O) groups excluding carboxylic acids is 2. The number of ketones is 2. The van der Waals surface area contributed by atoms with Gasteiger partial charge >= 0.3 is 0 Å². The van der Waals surface area contributed by atoms with Crippen LogP contribution in [0.1, 0.15) is 57.5 Å². The Morgan fingerprint density at radius 2 is 1.66 bits per heavy atom. The van der Waals surface area contributed by atoms with Crippen molar-refractivity contribution in [1.82, 2.24) is 4.98 Å². The van der Waals surface area contributed by atoms with Crippen LogP contribution in [0.4, 0.5) is 0 Å². The van der Waals surface area contributed by atoms with Crippen LogP contribution in [0, 0.1) is 0 Å². The lowest BCUT2D eigenvalue weighted by molar-refractivity contribution is 0.0792. The van der Waals surface area contributed by atoms with Crippen LogP contribution in [0.2, 0.25) is 0 Å². The van der Waals surface area contributed by atoms with Gasteiger partial charge in [0.25, 0.3) is 0 Å². The number of nitrogens with zero attached hydrogens (tertiary/aromatic N) is 1. The summed E-state index contributed by atoms with van der Waals surface area (Å²) >= 11 is 0. The minimum Gasteiger partial charge on any atom is -0.493 e. The predicted octanol–water partition coefficient (Wildman–Crippen LogP) is 4.97. The lowest BCUT2D eigenvalue weighted by Gasteiger charge is -2.28. The van der Waals surface area contributed by atoms with Gasteiger partial charge in [0.05, 0.1) is 13.2 Å². The first-order valence-corrected chi connectivity index (χ1v) is 11.1. The third-order valence-corrected chi connectivity index (χ3v) is 6.64. The second-order valence-corrected chi connectivity index (χ2v) is 8.54. The van der Waals surface area contributed by atoms with Crippen molar-refractivity contribution in [3.05, 3.63) is 89.2 Å². The fourth-order valence-electron chi connectivity index (χ4n) is 5.00. The number of methoxy groups -OCH3 is 1. The summed E-state index contributed by atoms with van der Waals surface area (Å²) in [7, 11) is 1.60. The molecule has 5 nitrogen and oxygen atoms in total. The highest BCUT2D eigenvalue weighted by Gasteiger charge is 2.54. The van der Waals surface area contributed by atoms with Crippen LogP contribution in [-0.2, 0) is 11.8 Å². The van der Waals surface area contributed by atoms with E-state index in [0.717, 1.165) is 31.2 Å². The lowest BCUT2D eigenvalue weighted by Crippen LogP contribution is -2.40. The number of aromatic nitrogens is 1. The zero-order valence-electron chi connectivity index (χ0n) is 18.0. The average Bonchev–Trinajstić information content (AvgIpc) is 3.42. The molecule has 0 spiro atoms. The smallest absolute Gasteiger partial charge is 0.182 e. The van der Waals surface area contributed by atoms with E-state index in [1.54, 1.807) is 49.8 Å². The standard InChI is InChI=1S/C27H25NO4/c1-31-23-13-12-19(15-24(23)32-20-8-2-3-9-20)27(16-18-7-6-14-28-17-18)25(29)21-10-4-5-11-22(21)26(27)30/h4-7,10-15,17,20H,2-3,8-9,16H2,1H3. The van der Waals surface area contributed by atoms with Gasteiger partial charge in [-0.05, 0) is 61.4 Å². The summed E-state index contributed by atoms with van der Waals surface area (Å²) in [5.41, 5.74) is 1.04. The molecule has 162 valence electrons. The molecule has 1 heterocycles. The molecule has 0 atom stereocenters. The van der Waals surface area contributed by atoms with Gasteiger partial charge in [-0.25, -0.2) is 0 Å². The molecule has 0 bridgehead atoms. The first-order chi connectivity index (χ1) is 15.6. The second kappa shape index (κ2) is 8.23. The molecule has 1 aromatic heterocycles.